The van der Waals surface area contributed by atoms with Crippen LogP contribution < -0.4 is 0 Å². The molecule has 0 saturated carbocycles. The van der Waals surface area contributed by atoms with E-state index in [1.165, 1.54) is 101 Å². The third kappa shape index (κ3) is 11.0. The molecule has 0 bridgehead atoms. The third-order valence-corrected chi connectivity index (χ3v) is 12.0. The zero-order valence-electron chi connectivity index (χ0n) is 29.7. The van der Waals surface area contributed by atoms with Crippen molar-refractivity contribution in [2.75, 3.05) is 93.8 Å². The van der Waals surface area contributed by atoms with Crippen LogP contribution in [0.4, 0.5) is 0 Å². The average Bonchev–Trinajstić information content (AvgIpc) is 3.64. The van der Waals surface area contributed by atoms with Gasteiger partial charge in [0.25, 0.3) is 0 Å². The zero-order valence-corrected chi connectivity index (χ0v) is 31.3. The van der Waals surface area contributed by atoms with Gasteiger partial charge in [-0.15, -0.1) is 22.7 Å². The minimum absolute atomic E-state index is 0.211. The summed E-state index contributed by atoms with van der Waals surface area (Å²) in [6.07, 6.45) is 7.96. The lowest BCUT2D eigenvalue weighted by molar-refractivity contribution is 0.0591. The number of nitrogens with zero attached hydrogens (tertiary/aromatic N) is 4. The van der Waals surface area contributed by atoms with Crippen LogP contribution in [0.1, 0.15) is 93.5 Å². The molecule has 2 aromatic rings. The van der Waals surface area contributed by atoms with Crippen LogP contribution in [0.15, 0.2) is 16.8 Å². The summed E-state index contributed by atoms with van der Waals surface area (Å²) in [6, 6.07) is 0. The Morgan fingerprint density at radius 1 is 0.804 bits per heavy atom. The summed E-state index contributed by atoms with van der Waals surface area (Å²) in [5.41, 5.74) is 4.95. The molecule has 2 aliphatic heterocycles. The first-order chi connectivity index (χ1) is 22.1. The predicted molar refractivity (Wildman–Crippen MR) is 194 cm³/mol. The maximum atomic E-state index is 11.8. The minimum atomic E-state index is -0.238. The van der Waals surface area contributed by atoms with E-state index >= 15 is 0 Å². The fourth-order valence-electron chi connectivity index (χ4n) is 6.30. The SMILES string of the molecule is C/C=C(/CCCN1CCN(C)CC1)c1scc(C(=O)OC)c1C.CCC(CCCN1CCN(C)CC1)c1scc(C(=O)OC)c1C. The number of thiophene rings is 2. The van der Waals surface area contributed by atoms with Gasteiger partial charge in [-0.05, 0) is 103 Å². The molecule has 0 N–H and O–H groups in total. The molecule has 0 aliphatic carbocycles. The fourth-order valence-corrected chi connectivity index (χ4v) is 8.75. The summed E-state index contributed by atoms with van der Waals surface area (Å²) < 4.78 is 9.72. The van der Waals surface area contributed by atoms with Gasteiger partial charge in [0.05, 0.1) is 25.3 Å². The molecule has 2 fully saturated rings. The molecule has 0 amide bonds. The van der Waals surface area contributed by atoms with E-state index in [0.29, 0.717) is 11.5 Å². The lowest BCUT2D eigenvalue weighted by Gasteiger charge is -2.32. The van der Waals surface area contributed by atoms with Gasteiger partial charge in [-0.25, -0.2) is 9.59 Å². The number of carbonyl (C=O) groups is 2. The van der Waals surface area contributed by atoms with E-state index in [1.54, 1.807) is 22.7 Å². The van der Waals surface area contributed by atoms with Crippen molar-refractivity contribution in [3.05, 3.63) is 48.8 Å². The van der Waals surface area contributed by atoms with Crippen LogP contribution in [0.5, 0.6) is 0 Å². The van der Waals surface area contributed by atoms with Crippen LogP contribution in [-0.4, -0.2) is 125 Å². The molecule has 2 aromatic heterocycles. The molecule has 0 spiro atoms. The Kier molecular flexibility index (Phi) is 16.4. The van der Waals surface area contributed by atoms with Crippen molar-refractivity contribution in [1.82, 2.24) is 19.6 Å². The van der Waals surface area contributed by atoms with Gasteiger partial charge < -0.3 is 29.1 Å². The summed E-state index contributed by atoms with van der Waals surface area (Å²) in [6.45, 7) is 20.2. The van der Waals surface area contributed by atoms with E-state index in [2.05, 4.69) is 60.5 Å². The summed E-state index contributed by atoms with van der Waals surface area (Å²) in [5.74, 6) is 0.112. The second-order valence-electron chi connectivity index (χ2n) is 12.7. The van der Waals surface area contributed by atoms with Crippen molar-refractivity contribution in [1.29, 1.82) is 0 Å². The van der Waals surface area contributed by atoms with E-state index in [-0.39, 0.29) is 11.9 Å². The highest BCUT2D eigenvalue weighted by Gasteiger charge is 2.21. The van der Waals surface area contributed by atoms with Crippen LogP contribution in [-0.2, 0) is 9.47 Å². The van der Waals surface area contributed by atoms with Gasteiger partial charge in [-0.1, -0.05) is 13.0 Å². The predicted octanol–water partition coefficient (Wildman–Crippen LogP) is 6.64. The molecular formula is C36H58N4O4S2. The number of methoxy groups -OCH3 is 2. The number of piperazine rings is 2. The van der Waals surface area contributed by atoms with Gasteiger partial charge in [0.15, 0.2) is 0 Å². The Balaban J connectivity index is 0.000000250. The Morgan fingerprint density at radius 2 is 1.30 bits per heavy atom. The van der Waals surface area contributed by atoms with Crippen LogP contribution in [0.25, 0.3) is 5.57 Å². The quantitative estimate of drug-likeness (QED) is 0.219. The molecule has 0 aromatic carbocycles. The van der Waals surface area contributed by atoms with Gasteiger partial charge >= 0.3 is 11.9 Å². The highest BCUT2D eigenvalue weighted by Crippen LogP contribution is 2.35. The third-order valence-electron chi connectivity index (χ3n) is 9.57. The van der Waals surface area contributed by atoms with E-state index in [1.807, 2.05) is 17.7 Å². The second-order valence-corrected chi connectivity index (χ2v) is 14.5. The minimum Gasteiger partial charge on any atom is -0.465 e. The summed E-state index contributed by atoms with van der Waals surface area (Å²) >= 11 is 3.37. The van der Waals surface area contributed by atoms with Crippen molar-refractivity contribution < 1.29 is 19.1 Å². The van der Waals surface area contributed by atoms with Crippen LogP contribution in [0.2, 0.25) is 0 Å². The maximum absolute atomic E-state index is 11.8. The Labute approximate surface area is 286 Å². The monoisotopic (exact) mass is 674 g/mol. The van der Waals surface area contributed by atoms with E-state index in [4.69, 9.17) is 9.47 Å². The van der Waals surface area contributed by atoms with Crippen LogP contribution in [0.3, 0.4) is 0 Å². The first-order valence-corrected chi connectivity index (χ1v) is 18.7. The topological polar surface area (TPSA) is 65.6 Å². The molecule has 8 nitrogen and oxygen atoms in total. The van der Waals surface area contributed by atoms with E-state index < -0.39 is 0 Å². The van der Waals surface area contributed by atoms with Gasteiger partial charge in [0.1, 0.15) is 0 Å². The number of allylic oxidation sites excluding steroid dienone is 2. The second kappa shape index (κ2) is 19.7. The number of likely N-dealkylation sites (N-methyl/N-ethyl adjacent to an activating group) is 2. The van der Waals surface area contributed by atoms with Crippen molar-refractivity contribution in [2.45, 2.75) is 65.7 Å². The summed E-state index contributed by atoms with van der Waals surface area (Å²) in [7, 11) is 7.27. The highest BCUT2D eigenvalue weighted by atomic mass is 32.1. The zero-order chi connectivity index (χ0) is 33.6. The largest absolute Gasteiger partial charge is 0.465 e. The van der Waals surface area contributed by atoms with E-state index in [9.17, 15) is 9.59 Å². The lowest BCUT2D eigenvalue weighted by Crippen LogP contribution is -2.44. The number of carbonyl (C=O) groups excluding carboxylic acids is 2. The Bertz CT molecular complexity index is 1260. The van der Waals surface area contributed by atoms with Gasteiger partial charge in [0, 0.05) is 72.9 Å². The molecule has 2 aliphatic rings. The first-order valence-electron chi connectivity index (χ1n) is 16.9. The smallest absolute Gasteiger partial charge is 0.338 e. The molecule has 4 rings (SSSR count). The number of rotatable bonds is 13. The summed E-state index contributed by atoms with van der Waals surface area (Å²) in [4.78, 5) is 36.0. The Hall–Kier alpha value is -2.08. The molecular weight excluding hydrogens is 617 g/mol. The number of ether oxygens (including phenoxy) is 2. The molecule has 1 unspecified atom stereocenters. The normalized spacial score (nSPS) is 17.8. The maximum Gasteiger partial charge on any atom is 0.338 e. The Morgan fingerprint density at radius 3 is 1.80 bits per heavy atom. The number of hydrogen-bond acceptors (Lipinski definition) is 10. The van der Waals surface area contributed by atoms with E-state index in [0.717, 1.165) is 42.5 Å². The number of esters is 2. The van der Waals surface area contributed by atoms with Crippen molar-refractivity contribution >= 4 is 40.2 Å². The first kappa shape index (κ1) is 38.4. The van der Waals surface area contributed by atoms with Gasteiger partial charge in [0.2, 0.25) is 0 Å². The standard InChI is InChI=1S/C18H30N2O2S.C18H28N2O2S/c2*1-5-15(7-6-8-20-11-9-19(3)10-12-20)17-14(2)16(13-23-17)18(21)22-4/h13,15H,5-12H2,1-4H3;5,13H,6-12H2,1-4H3/b;15-5-. The molecule has 258 valence electrons. The molecule has 1 atom stereocenters. The molecule has 46 heavy (non-hydrogen) atoms. The molecule has 4 heterocycles. The summed E-state index contributed by atoms with van der Waals surface area (Å²) in [5, 5.41) is 3.88. The van der Waals surface area contributed by atoms with Crippen molar-refractivity contribution in [3.8, 4) is 0 Å². The molecule has 0 radical (unpaired) electrons. The van der Waals surface area contributed by atoms with Crippen molar-refractivity contribution in [3.63, 3.8) is 0 Å². The van der Waals surface area contributed by atoms with Crippen LogP contribution in [0, 0.1) is 13.8 Å². The highest BCUT2D eigenvalue weighted by molar-refractivity contribution is 7.11. The average molecular weight is 675 g/mol. The van der Waals surface area contributed by atoms with Crippen molar-refractivity contribution in [2.24, 2.45) is 0 Å². The van der Waals surface area contributed by atoms with Gasteiger partial charge in [-0.3, -0.25) is 0 Å². The van der Waals surface area contributed by atoms with Gasteiger partial charge in [-0.2, -0.15) is 0 Å². The van der Waals surface area contributed by atoms with Crippen LogP contribution >= 0.6 is 22.7 Å². The number of hydrogen-bond donors (Lipinski definition) is 0. The molecule has 10 heteroatoms. The lowest BCUT2D eigenvalue weighted by atomic mass is 9.94. The molecule has 2 saturated heterocycles. The fraction of sp³-hybridized carbons (Fsp3) is 0.667.